The number of rotatable bonds is 3. The molecule has 0 N–H and O–H groups in total. The first-order chi connectivity index (χ1) is 10.6. The lowest BCUT2D eigenvalue weighted by atomic mass is 10.2. The minimum Gasteiger partial charge on any atom is -0.472 e. The van der Waals surface area contributed by atoms with E-state index in [9.17, 15) is 4.39 Å². The van der Waals surface area contributed by atoms with Crippen LogP contribution in [0.15, 0.2) is 36.7 Å². The number of nitrogens with zero attached hydrogens (tertiary/aromatic N) is 2. The van der Waals surface area contributed by atoms with Crippen LogP contribution in [0, 0.1) is 5.82 Å². The van der Waals surface area contributed by atoms with E-state index in [2.05, 4.69) is 9.97 Å². The third-order valence-corrected chi connectivity index (χ3v) is 3.90. The third-order valence-electron chi connectivity index (χ3n) is 3.04. The van der Waals surface area contributed by atoms with Crippen LogP contribution in [0.2, 0.25) is 15.1 Å². The van der Waals surface area contributed by atoms with Crippen molar-refractivity contribution in [1.82, 2.24) is 9.97 Å². The van der Waals surface area contributed by atoms with E-state index in [0.29, 0.717) is 20.9 Å². The average Bonchev–Trinajstić information content (AvgIpc) is 2.47. The van der Waals surface area contributed by atoms with Crippen LogP contribution < -0.4 is 4.74 Å². The van der Waals surface area contributed by atoms with Gasteiger partial charge >= 0.3 is 0 Å². The number of aromatic nitrogens is 2. The molecule has 0 fully saturated rings. The summed E-state index contributed by atoms with van der Waals surface area (Å²) in [5.41, 5.74) is 0.764. The van der Waals surface area contributed by atoms with Crippen LogP contribution in [-0.4, -0.2) is 9.97 Å². The molecule has 1 aromatic heterocycles. The number of ether oxygens (including phenoxy) is 1. The maximum Gasteiger partial charge on any atom is 0.224 e. The van der Waals surface area contributed by atoms with Crippen molar-refractivity contribution in [2.24, 2.45) is 0 Å². The summed E-state index contributed by atoms with van der Waals surface area (Å²) in [5.74, 6) is -0.185. The van der Waals surface area contributed by atoms with Crippen LogP contribution >= 0.6 is 34.8 Å². The second kappa shape index (κ2) is 6.24. The first-order valence-corrected chi connectivity index (χ1v) is 7.35. The number of halogens is 4. The zero-order valence-corrected chi connectivity index (χ0v) is 13.3. The Labute approximate surface area is 140 Å². The molecule has 0 aliphatic rings. The van der Waals surface area contributed by atoms with Gasteiger partial charge in [0.25, 0.3) is 0 Å². The van der Waals surface area contributed by atoms with Crippen LogP contribution in [0.4, 0.5) is 4.39 Å². The predicted octanol–water partition coefficient (Wildman–Crippen LogP) is 5.31. The minimum absolute atomic E-state index is 0.0677. The fourth-order valence-electron chi connectivity index (χ4n) is 1.99. The highest BCUT2D eigenvalue weighted by Crippen LogP contribution is 2.31. The smallest absolute Gasteiger partial charge is 0.224 e. The van der Waals surface area contributed by atoms with Crippen molar-refractivity contribution in [1.29, 1.82) is 0 Å². The Kier molecular flexibility index (Phi) is 4.34. The van der Waals surface area contributed by atoms with Crippen molar-refractivity contribution < 1.29 is 9.13 Å². The Morgan fingerprint density at radius 3 is 2.64 bits per heavy atom. The Bertz CT molecular complexity index is 837. The molecule has 3 nitrogen and oxygen atoms in total. The van der Waals surface area contributed by atoms with E-state index >= 15 is 0 Å². The molecule has 7 heteroatoms. The van der Waals surface area contributed by atoms with Crippen molar-refractivity contribution >= 4 is 45.7 Å². The van der Waals surface area contributed by atoms with Crippen molar-refractivity contribution in [2.75, 3.05) is 0 Å². The van der Waals surface area contributed by atoms with Gasteiger partial charge in [-0.2, -0.15) is 0 Å². The molecular formula is C15H8Cl3FN2O. The third kappa shape index (κ3) is 2.95. The molecule has 0 saturated carbocycles. The van der Waals surface area contributed by atoms with Crippen molar-refractivity contribution in [3.63, 3.8) is 0 Å². The molecule has 0 radical (unpaired) electrons. The fourth-order valence-corrected chi connectivity index (χ4v) is 2.75. The second-order valence-electron chi connectivity index (χ2n) is 4.45. The second-order valence-corrected chi connectivity index (χ2v) is 5.70. The number of benzene rings is 2. The summed E-state index contributed by atoms with van der Waals surface area (Å²) in [4.78, 5) is 8.14. The van der Waals surface area contributed by atoms with E-state index in [0.717, 1.165) is 0 Å². The first-order valence-electron chi connectivity index (χ1n) is 6.21. The van der Waals surface area contributed by atoms with Gasteiger partial charge in [0.1, 0.15) is 18.8 Å². The van der Waals surface area contributed by atoms with E-state index in [1.807, 2.05) is 0 Å². The molecule has 0 aliphatic heterocycles. The van der Waals surface area contributed by atoms with Crippen LogP contribution in [0.5, 0.6) is 5.88 Å². The summed E-state index contributed by atoms with van der Waals surface area (Å²) in [6.07, 6.45) is 1.32. The number of hydrogen-bond acceptors (Lipinski definition) is 3. The molecule has 0 unspecified atom stereocenters. The van der Waals surface area contributed by atoms with Crippen LogP contribution in [-0.2, 0) is 6.61 Å². The summed E-state index contributed by atoms with van der Waals surface area (Å²) in [6, 6.07) is 7.66. The van der Waals surface area contributed by atoms with Crippen LogP contribution in [0.25, 0.3) is 10.9 Å². The standard InChI is InChI=1S/C15H8Cl3FN2O/c16-8-4-9-14(12(18)5-8)20-7-21-15(9)22-6-10-11(17)2-1-3-13(10)19/h1-5,7H,6H2. The SMILES string of the molecule is Fc1cccc(Cl)c1COc1ncnc2c(Cl)cc(Cl)cc12. The van der Waals surface area contributed by atoms with Crippen molar-refractivity contribution in [3.05, 3.63) is 63.1 Å². The van der Waals surface area contributed by atoms with Gasteiger partial charge in [0.2, 0.25) is 5.88 Å². The lowest BCUT2D eigenvalue weighted by Gasteiger charge is -2.10. The van der Waals surface area contributed by atoms with Crippen molar-refractivity contribution in [3.8, 4) is 5.88 Å². The summed E-state index contributed by atoms with van der Waals surface area (Å²) in [5, 5.41) is 1.65. The molecule has 3 rings (SSSR count). The Morgan fingerprint density at radius 1 is 1.05 bits per heavy atom. The molecule has 1 heterocycles. The van der Waals surface area contributed by atoms with E-state index < -0.39 is 5.82 Å². The molecule has 112 valence electrons. The highest BCUT2D eigenvalue weighted by Gasteiger charge is 2.12. The Balaban J connectivity index is 1.98. The van der Waals surface area contributed by atoms with Crippen LogP contribution in [0.3, 0.4) is 0 Å². The van der Waals surface area contributed by atoms with E-state index in [1.165, 1.54) is 18.5 Å². The zero-order valence-electron chi connectivity index (χ0n) is 11.0. The fraction of sp³-hybridized carbons (Fsp3) is 0.0667. The maximum absolute atomic E-state index is 13.8. The highest BCUT2D eigenvalue weighted by atomic mass is 35.5. The molecule has 0 spiro atoms. The average molecular weight is 358 g/mol. The summed E-state index contributed by atoms with van der Waals surface area (Å²) < 4.78 is 19.3. The van der Waals surface area contributed by atoms with Gasteiger partial charge in [0.05, 0.1) is 20.9 Å². The molecular weight excluding hydrogens is 350 g/mol. The zero-order chi connectivity index (χ0) is 15.7. The molecule has 0 amide bonds. The number of hydrogen-bond donors (Lipinski definition) is 0. The lowest BCUT2D eigenvalue weighted by Crippen LogP contribution is -2.02. The summed E-state index contributed by atoms with van der Waals surface area (Å²) >= 11 is 18.0. The van der Waals surface area contributed by atoms with E-state index in [-0.39, 0.29) is 23.1 Å². The molecule has 22 heavy (non-hydrogen) atoms. The molecule has 0 saturated heterocycles. The largest absolute Gasteiger partial charge is 0.472 e. The molecule has 0 atom stereocenters. The first kappa shape index (κ1) is 15.3. The predicted molar refractivity (Wildman–Crippen MR) is 85.3 cm³/mol. The van der Waals surface area contributed by atoms with Gasteiger partial charge < -0.3 is 4.74 Å². The molecule has 3 aromatic rings. The molecule has 0 bridgehead atoms. The Morgan fingerprint density at radius 2 is 1.86 bits per heavy atom. The Hall–Kier alpha value is -1.62. The quantitative estimate of drug-likeness (QED) is 0.637. The minimum atomic E-state index is -0.443. The van der Waals surface area contributed by atoms with Gasteiger partial charge in [-0.05, 0) is 24.3 Å². The van der Waals surface area contributed by atoms with Crippen LogP contribution in [0.1, 0.15) is 5.56 Å². The topological polar surface area (TPSA) is 35.0 Å². The van der Waals surface area contributed by atoms with Gasteiger partial charge in [-0.1, -0.05) is 40.9 Å². The summed E-state index contributed by atoms with van der Waals surface area (Å²) in [7, 11) is 0. The molecule has 0 aliphatic carbocycles. The maximum atomic E-state index is 13.8. The monoisotopic (exact) mass is 356 g/mol. The highest BCUT2D eigenvalue weighted by molar-refractivity contribution is 6.38. The van der Waals surface area contributed by atoms with Gasteiger partial charge in [0.15, 0.2) is 0 Å². The van der Waals surface area contributed by atoms with Gasteiger partial charge in [-0.15, -0.1) is 0 Å². The summed E-state index contributed by atoms with van der Waals surface area (Å²) in [6.45, 7) is -0.0677. The lowest BCUT2D eigenvalue weighted by molar-refractivity contribution is 0.292. The normalized spacial score (nSPS) is 10.9. The van der Waals surface area contributed by atoms with E-state index in [4.69, 9.17) is 39.5 Å². The van der Waals surface area contributed by atoms with Crippen molar-refractivity contribution in [2.45, 2.75) is 6.61 Å². The van der Waals surface area contributed by atoms with Gasteiger partial charge in [-0.3, -0.25) is 0 Å². The van der Waals surface area contributed by atoms with E-state index in [1.54, 1.807) is 18.2 Å². The van der Waals surface area contributed by atoms with Gasteiger partial charge in [0, 0.05) is 10.6 Å². The number of fused-ring (bicyclic) bond motifs is 1. The molecule has 2 aromatic carbocycles. The van der Waals surface area contributed by atoms with Gasteiger partial charge in [-0.25, -0.2) is 14.4 Å².